The lowest BCUT2D eigenvalue weighted by Gasteiger charge is -2.21. The van der Waals surface area contributed by atoms with E-state index in [-0.39, 0.29) is 6.79 Å². The fourth-order valence-corrected chi connectivity index (χ4v) is 2.56. The predicted molar refractivity (Wildman–Crippen MR) is 76.4 cm³/mol. The minimum absolute atomic E-state index is 0.258. The van der Waals surface area contributed by atoms with E-state index in [1.165, 1.54) is 6.26 Å². The number of fused-ring (bicyclic) bond motifs is 1. The predicted octanol–water partition coefficient (Wildman–Crippen LogP) is 0.786. The molecule has 0 fully saturated rings. The largest absolute Gasteiger partial charge is 0.454 e. The Bertz CT molecular complexity index is 559. The molecule has 1 aromatic rings. The molecule has 0 unspecified atom stereocenters. The average molecular weight is 300 g/mol. The molecule has 1 aliphatic rings. The molecule has 0 atom stereocenters. The highest BCUT2D eigenvalue weighted by Crippen LogP contribution is 2.35. The highest BCUT2D eigenvalue weighted by atomic mass is 32.2. The molecule has 0 aliphatic carbocycles. The van der Waals surface area contributed by atoms with Crippen LogP contribution in [0.3, 0.4) is 0 Å². The van der Waals surface area contributed by atoms with Crippen molar-refractivity contribution in [1.82, 2.24) is 9.62 Å². The van der Waals surface area contributed by atoms with Gasteiger partial charge in [-0.05, 0) is 12.6 Å². The van der Waals surface area contributed by atoms with E-state index in [0.29, 0.717) is 19.6 Å². The number of benzene rings is 1. The number of rotatable bonds is 7. The van der Waals surface area contributed by atoms with Crippen LogP contribution in [0, 0.1) is 0 Å². The molecule has 20 heavy (non-hydrogen) atoms. The van der Waals surface area contributed by atoms with Gasteiger partial charge in [-0.2, -0.15) is 0 Å². The van der Waals surface area contributed by atoms with Crippen LogP contribution in [-0.2, 0) is 16.6 Å². The molecule has 1 heterocycles. The summed E-state index contributed by atoms with van der Waals surface area (Å²) in [5.41, 5.74) is 1.06. The van der Waals surface area contributed by atoms with Crippen LogP contribution in [0.4, 0.5) is 0 Å². The second-order valence-corrected chi connectivity index (χ2v) is 6.52. The maximum Gasteiger partial charge on any atom is 0.231 e. The van der Waals surface area contributed by atoms with Crippen molar-refractivity contribution in [1.29, 1.82) is 0 Å². The smallest absolute Gasteiger partial charge is 0.231 e. The zero-order valence-electron chi connectivity index (χ0n) is 11.8. The van der Waals surface area contributed by atoms with Crippen molar-refractivity contribution in [3.63, 3.8) is 0 Å². The fraction of sp³-hybridized carbons (Fsp3) is 0.538. The highest BCUT2D eigenvalue weighted by Gasteiger charge is 2.18. The second-order valence-electron chi connectivity index (χ2n) is 4.69. The average Bonchev–Trinajstić information content (AvgIpc) is 2.85. The molecule has 2 rings (SSSR count). The third-order valence-corrected chi connectivity index (χ3v) is 3.84. The molecule has 1 N–H and O–H groups in total. The van der Waals surface area contributed by atoms with Crippen molar-refractivity contribution in [3.05, 3.63) is 23.8 Å². The van der Waals surface area contributed by atoms with E-state index < -0.39 is 10.0 Å². The second kappa shape index (κ2) is 6.43. The van der Waals surface area contributed by atoms with Crippen molar-refractivity contribution >= 4 is 10.0 Å². The molecular formula is C13H20N2O4S. The number of hydrogen-bond donors (Lipinski definition) is 1. The van der Waals surface area contributed by atoms with E-state index in [0.717, 1.165) is 23.6 Å². The molecule has 0 saturated heterocycles. The van der Waals surface area contributed by atoms with Crippen LogP contribution in [0.5, 0.6) is 11.5 Å². The molecule has 0 aromatic heterocycles. The van der Waals surface area contributed by atoms with Crippen LogP contribution in [-0.4, -0.2) is 46.0 Å². The van der Waals surface area contributed by atoms with Crippen LogP contribution in [0.25, 0.3) is 0 Å². The standard InChI is InChI=1S/C13H20N2O4S/c1-3-15(8-7-14-20(2,16)17)9-11-5-4-6-12-13(11)19-10-18-12/h4-6,14H,3,7-10H2,1-2H3. The summed E-state index contributed by atoms with van der Waals surface area (Å²) in [5, 5.41) is 0. The summed E-state index contributed by atoms with van der Waals surface area (Å²) in [6, 6.07) is 5.82. The lowest BCUT2D eigenvalue weighted by molar-refractivity contribution is 0.172. The number of nitrogens with one attached hydrogen (secondary N) is 1. The minimum atomic E-state index is -3.13. The first-order valence-corrected chi connectivity index (χ1v) is 8.43. The van der Waals surface area contributed by atoms with E-state index in [4.69, 9.17) is 9.47 Å². The monoisotopic (exact) mass is 300 g/mol. The van der Waals surface area contributed by atoms with Gasteiger partial charge in [0.1, 0.15) is 0 Å². The van der Waals surface area contributed by atoms with Gasteiger partial charge in [-0.25, -0.2) is 13.1 Å². The normalized spacial score (nSPS) is 13.9. The lowest BCUT2D eigenvalue weighted by atomic mass is 10.1. The van der Waals surface area contributed by atoms with Crippen LogP contribution in [0.1, 0.15) is 12.5 Å². The Morgan fingerprint density at radius 1 is 1.35 bits per heavy atom. The number of para-hydroxylation sites is 1. The number of nitrogens with zero attached hydrogens (tertiary/aromatic N) is 1. The topological polar surface area (TPSA) is 67.9 Å². The molecule has 0 saturated carbocycles. The SMILES string of the molecule is CCN(CCNS(C)(=O)=O)Cc1cccc2c1OCO2. The molecular weight excluding hydrogens is 280 g/mol. The fourth-order valence-electron chi connectivity index (χ4n) is 2.09. The van der Waals surface area contributed by atoms with Crippen molar-refractivity contribution in [2.24, 2.45) is 0 Å². The van der Waals surface area contributed by atoms with Crippen molar-refractivity contribution in [2.75, 3.05) is 32.7 Å². The van der Waals surface area contributed by atoms with E-state index in [2.05, 4.69) is 9.62 Å². The minimum Gasteiger partial charge on any atom is -0.454 e. The number of ether oxygens (including phenoxy) is 2. The summed E-state index contributed by atoms with van der Waals surface area (Å²) < 4.78 is 35.4. The van der Waals surface area contributed by atoms with Gasteiger partial charge < -0.3 is 9.47 Å². The zero-order chi connectivity index (χ0) is 14.6. The van der Waals surface area contributed by atoms with E-state index in [9.17, 15) is 8.42 Å². The number of hydrogen-bond acceptors (Lipinski definition) is 5. The number of sulfonamides is 1. The summed E-state index contributed by atoms with van der Waals surface area (Å²) in [7, 11) is -3.13. The Kier molecular flexibility index (Phi) is 4.85. The maximum absolute atomic E-state index is 11.0. The maximum atomic E-state index is 11.0. The first-order chi connectivity index (χ1) is 9.49. The Labute approximate surface area is 119 Å². The molecule has 7 heteroatoms. The van der Waals surface area contributed by atoms with Gasteiger partial charge in [0.2, 0.25) is 16.8 Å². The Balaban J connectivity index is 1.95. The van der Waals surface area contributed by atoms with Crippen molar-refractivity contribution < 1.29 is 17.9 Å². The van der Waals surface area contributed by atoms with E-state index >= 15 is 0 Å². The lowest BCUT2D eigenvalue weighted by Crippen LogP contribution is -2.34. The highest BCUT2D eigenvalue weighted by molar-refractivity contribution is 7.88. The quantitative estimate of drug-likeness (QED) is 0.806. The molecule has 1 aliphatic heterocycles. The molecule has 0 bridgehead atoms. The van der Waals surface area contributed by atoms with Crippen LogP contribution < -0.4 is 14.2 Å². The van der Waals surface area contributed by atoms with Gasteiger partial charge in [-0.3, -0.25) is 4.90 Å². The van der Waals surface area contributed by atoms with Gasteiger partial charge in [0.15, 0.2) is 11.5 Å². The summed E-state index contributed by atoms with van der Waals surface area (Å²) in [5.74, 6) is 1.56. The molecule has 112 valence electrons. The molecule has 0 amide bonds. The first kappa shape index (κ1) is 15.1. The van der Waals surface area contributed by atoms with Gasteiger partial charge in [0.25, 0.3) is 0 Å². The molecule has 1 aromatic carbocycles. The summed E-state index contributed by atoms with van der Waals surface area (Å²) in [4.78, 5) is 2.15. The van der Waals surface area contributed by atoms with Crippen LogP contribution >= 0.6 is 0 Å². The first-order valence-electron chi connectivity index (χ1n) is 6.54. The van der Waals surface area contributed by atoms with Gasteiger partial charge >= 0.3 is 0 Å². The van der Waals surface area contributed by atoms with E-state index in [1.807, 2.05) is 25.1 Å². The summed E-state index contributed by atoms with van der Waals surface area (Å²) >= 11 is 0. The Morgan fingerprint density at radius 3 is 2.85 bits per heavy atom. The third kappa shape index (κ3) is 4.09. The Hall–Kier alpha value is -1.31. The van der Waals surface area contributed by atoms with Crippen LogP contribution in [0.2, 0.25) is 0 Å². The molecule has 0 spiro atoms. The number of likely N-dealkylation sites (N-methyl/N-ethyl adjacent to an activating group) is 1. The molecule has 0 radical (unpaired) electrons. The summed E-state index contributed by atoms with van der Waals surface area (Å²) in [6.45, 7) is 4.88. The van der Waals surface area contributed by atoms with Crippen LogP contribution in [0.15, 0.2) is 18.2 Å². The van der Waals surface area contributed by atoms with Gasteiger partial charge in [0, 0.05) is 25.2 Å². The third-order valence-electron chi connectivity index (χ3n) is 3.11. The van der Waals surface area contributed by atoms with Gasteiger partial charge in [0.05, 0.1) is 6.26 Å². The van der Waals surface area contributed by atoms with Crippen molar-refractivity contribution in [2.45, 2.75) is 13.5 Å². The zero-order valence-corrected chi connectivity index (χ0v) is 12.6. The van der Waals surface area contributed by atoms with E-state index in [1.54, 1.807) is 0 Å². The van der Waals surface area contributed by atoms with Crippen molar-refractivity contribution in [3.8, 4) is 11.5 Å². The van der Waals surface area contributed by atoms with Gasteiger partial charge in [-0.15, -0.1) is 0 Å². The van der Waals surface area contributed by atoms with Gasteiger partial charge in [-0.1, -0.05) is 19.1 Å². The summed E-state index contributed by atoms with van der Waals surface area (Å²) in [6.07, 6.45) is 1.17. The molecule has 6 nitrogen and oxygen atoms in total. The Morgan fingerprint density at radius 2 is 2.15 bits per heavy atom.